The summed E-state index contributed by atoms with van der Waals surface area (Å²) in [6, 6.07) is 7.53. The van der Waals surface area contributed by atoms with E-state index in [1.807, 2.05) is 24.3 Å². The molecule has 0 radical (unpaired) electrons. The first kappa shape index (κ1) is 9.39. The number of para-hydroxylation sites is 2. The highest BCUT2D eigenvalue weighted by atomic mass is 79.9. The van der Waals surface area contributed by atoms with Crippen LogP contribution in [-0.4, -0.2) is 11.9 Å². The van der Waals surface area contributed by atoms with Crippen molar-refractivity contribution in [3.05, 3.63) is 24.3 Å². The van der Waals surface area contributed by atoms with Gasteiger partial charge in [-0.15, -0.1) is 0 Å². The van der Waals surface area contributed by atoms with Crippen LogP contribution in [-0.2, 0) is 0 Å². The lowest BCUT2D eigenvalue weighted by Gasteiger charge is -2.06. The second-order valence-electron chi connectivity index (χ2n) is 2.43. The molecule has 0 fully saturated rings. The molecule has 0 heterocycles. The minimum absolute atomic E-state index is 0.701. The summed E-state index contributed by atoms with van der Waals surface area (Å²) < 4.78 is 5.42. The molecule has 1 aromatic rings. The van der Waals surface area contributed by atoms with Gasteiger partial charge in [0.25, 0.3) is 0 Å². The van der Waals surface area contributed by atoms with E-state index in [-0.39, 0.29) is 0 Å². The topological polar surface area (TPSA) is 35.2 Å². The first-order chi connectivity index (χ1) is 5.84. The third kappa shape index (κ3) is 2.74. The first-order valence-corrected chi connectivity index (χ1v) is 5.00. The Morgan fingerprint density at radius 2 is 2.08 bits per heavy atom. The molecule has 12 heavy (non-hydrogen) atoms. The summed E-state index contributed by atoms with van der Waals surface area (Å²) in [7, 11) is 0. The second kappa shape index (κ2) is 5.04. The molecule has 3 heteroatoms. The Kier molecular flexibility index (Phi) is 3.94. The molecule has 0 saturated heterocycles. The molecule has 0 aromatic heterocycles. The SMILES string of the molecule is Nc1ccccc1OCCCBr. The van der Waals surface area contributed by atoms with Gasteiger partial charge in [-0.1, -0.05) is 28.1 Å². The molecule has 0 unspecified atom stereocenters. The van der Waals surface area contributed by atoms with Crippen molar-refractivity contribution in [2.75, 3.05) is 17.7 Å². The van der Waals surface area contributed by atoms with Crippen LogP contribution in [0.25, 0.3) is 0 Å². The second-order valence-corrected chi connectivity index (χ2v) is 3.22. The summed E-state index contributed by atoms with van der Waals surface area (Å²) in [5.74, 6) is 0.776. The largest absolute Gasteiger partial charge is 0.491 e. The fourth-order valence-corrected chi connectivity index (χ4v) is 1.08. The predicted octanol–water partition coefficient (Wildman–Crippen LogP) is 2.43. The van der Waals surface area contributed by atoms with Crippen molar-refractivity contribution in [3.63, 3.8) is 0 Å². The summed E-state index contributed by atoms with van der Waals surface area (Å²) in [5.41, 5.74) is 6.37. The molecule has 2 nitrogen and oxygen atoms in total. The van der Waals surface area contributed by atoms with E-state index in [4.69, 9.17) is 10.5 Å². The van der Waals surface area contributed by atoms with Crippen LogP contribution in [0.4, 0.5) is 5.69 Å². The number of hydrogen-bond donors (Lipinski definition) is 1. The van der Waals surface area contributed by atoms with Crippen LogP contribution < -0.4 is 10.5 Å². The van der Waals surface area contributed by atoms with Crippen LogP contribution in [0.5, 0.6) is 5.75 Å². The number of anilines is 1. The predicted molar refractivity (Wildman–Crippen MR) is 54.8 cm³/mol. The molecule has 0 bridgehead atoms. The van der Waals surface area contributed by atoms with E-state index in [9.17, 15) is 0 Å². The maximum absolute atomic E-state index is 5.67. The molecule has 0 aliphatic heterocycles. The van der Waals surface area contributed by atoms with E-state index in [0.717, 1.165) is 17.5 Å². The van der Waals surface area contributed by atoms with Gasteiger partial charge in [-0.05, 0) is 18.6 Å². The Morgan fingerprint density at radius 3 is 2.75 bits per heavy atom. The standard InChI is InChI=1S/C9H12BrNO/c10-6-3-7-12-9-5-2-1-4-8(9)11/h1-2,4-5H,3,6-7,11H2. The smallest absolute Gasteiger partial charge is 0.142 e. The highest BCUT2D eigenvalue weighted by molar-refractivity contribution is 9.09. The van der Waals surface area contributed by atoms with Gasteiger partial charge in [0.1, 0.15) is 5.75 Å². The number of nitrogens with two attached hydrogens (primary N) is 1. The molecule has 0 amide bonds. The highest BCUT2D eigenvalue weighted by Gasteiger charge is 1.96. The molecule has 0 spiro atoms. The van der Waals surface area contributed by atoms with E-state index < -0.39 is 0 Å². The summed E-state index contributed by atoms with van der Waals surface area (Å²) in [4.78, 5) is 0. The molecule has 0 aliphatic carbocycles. The summed E-state index contributed by atoms with van der Waals surface area (Å²) in [6.45, 7) is 0.708. The molecular formula is C9H12BrNO. The van der Waals surface area contributed by atoms with Crippen molar-refractivity contribution in [3.8, 4) is 5.75 Å². The zero-order valence-electron chi connectivity index (χ0n) is 6.79. The summed E-state index contributed by atoms with van der Waals surface area (Å²) in [5, 5.41) is 0.958. The average Bonchev–Trinajstić information content (AvgIpc) is 2.09. The van der Waals surface area contributed by atoms with Gasteiger partial charge in [-0.3, -0.25) is 0 Å². The molecule has 2 N–H and O–H groups in total. The van der Waals surface area contributed by atoms with Crippen LogP contribution >= 0.6 is 15.9 Å². The maximum atomic E-state index is 5.67. The lowest BCUT2D eigenvalue weighted by molar-refractivity contribution is 0.321. The van der Waals surface area contributed by atoms with Gasteiger partial charge < -0.3 is 10.5 Å². The monoisotopic (exact) mass is 229 g/mol. The molecule has 1 rings (SSSR count). The Morgan fingerprint density at radius 1 is 1.33 bits per heavy atom. The van der Waals surface area contributed by atoms with Crippen LogP contribution in [0.3, 0.4) is 0 Å². The fraction of sp³-hybridized carbons (Fsp3) is 0.333. The zero-order valence-corrected chi connectivity index (χ0v) is 8.38. The summed E-state index contributed by atoms with van der Waals surface area (Å²) in [6.07, 6.45) is 0.994. The van der Waals surface area contributed by atoms with E-state index in [1.165, 1.54) is 0 Å². The van der Waals surface area contributed by atoms with Crippen LogP contribution in [0, 0.1) is 0 Å². The molecule has 0 saturated carbocycles. The minimum atomic E-state index is 0.701. The normalized spacial score (nSPS) is 9.75. The van der Waals surface area contributed by atoms with Crippen LogP contribution in [0.15, 0.2) is 24.3 Å². The van der Waals surface area contributed by atoms with Crippen molar-refractivity contribution in [2.45, 2.75) is 6.42 Å². The Balaban J connectivity index is 2.46. The van der Waals surface area contributed by atoms with E-state index in [0.29, 0.717) is 12.3 Å². The van der Waals surface area contributed by atoms with Crippen LogP contribution in [0.1, 0.15) is 6.42 Å². The molecule has 66 valence electrons. The van der Waals surface area contributed by atoms with Crippen molar-refractivity contribution >= 4 is 21.6 Å². The van der Waals surface area contributed by atoms with Gasteiger partial charge in [0.15, 0.2) is 0 Å². The quantitative estimate of drug-likeness (QED) is 0.489. The zero-order chi connectivity index (χ0) is 8.81. The Bertz CT molecular complexity index is 240. The van der Waals surface area contributed by atoms with Crippen molar-refractivity contribution < 1.29 is 4.74 Å². The maximum Gasteiger partial charge on any atom is 0.142 e. The number of alkyl halides is 1. The molecule has 0 aliphatic rings. The highest BCUT2D eigenvalue weighted by Crippen LogP contribution is 2.19. The number of nitrogen functional groups attached to an aromatic ring is 1. The molecule has 1 aromatic carbocycles. The van der Waals surface area contributed by atoms with Gasteiger partial charge in [-0.25, -0.2) is 0 Å². The first-order valence-electron chi connectivity index (χ1n) is 3.88. The molecule has 0 atom stereocenters. The summed E-state index contributed by atoms with van der Waals surface area (Å²) >= 11 is 3.33. The number of rotatable bonds is 4. The van der Waals surface area contributed by atoms with Crippen molar-refractivity contribution in [1.29, 1.82) is 0 Å². The lowest BCUT2D eigenvalue weighted by atomic mass is 10.3. The third-order valence-corrected chi connectivity index (χ3v) is 2.02. The number of benzene rings is 1. The van der Waals surface area contributed by atoms with E-state index in [1.54, 1.807) is 0 Å². The van der Waals surface area contributed by atoms with E-state index in [2.05, 4.69) is 15.9 Å². The van der Waals surface area contributed by atoms with Gasteiger partial charge in [0.05, 0.1) is 12.3 Å². The lowest BCUT2D eigenvalue weighted by Crippen LogP contribution is -2.00. The number of halogens is 1. The Labute approximate surface area is 80.8 Å². The van der Waals surface area contributed by atoms with E-state index >= 15 is 0 Å². The van der Waals surface area contributed by atoms with Gasteiger partial charge in [0.2, 0.25) is 0 Å². The average molecular weight is 230 g/mol. The Hall–Kier alpha value is -0.700. The van der Waals surface area contributed by atoms with Crippen molar-refractivity contribution in [2.24, 2.45) is 0 Å². The minimum Gasteiger partial charge on any atom is -0.491 e. The van der Waals surface area contributed by atoms with Crippen molar-refractivity contribution in [1.82, 2.24) is 0 Å². The third-order valence-electron chi connectivity index (χ3n) is 1.45. The number of hydrogen-bond acceptors (Lipinski definition) is 2. The number of ether oxygens (including phenoxy) is 1. The van der Waals surface area contributed by atoms with Crippen LogP contribution in [0.2, 0.25) is 0 Å². The van der Waals surface area contributed by atoms with Gasteiger partial charge >= 0.3 is 0 Å². The van der Waals surface area contributed by atoms with Gasteiger partial charge in [-0.2, -0.15) is 0 Å². The van der Waals surface area contributed by atoms with Gasteiger partial charge in [0, 0.05) is 5.33 Å². The molecular weight excluding hydrogens is 218 g/mol. The fourth-order valence-electron chi connectivity index (χ4n) is 0.849.